The second-order valence-corrected chi connectivity index (χ2v) is 4.09. The van der Waals surface area contributed by atoms with E-state index >= 15 is 0 Å². The molecule has 0 radical (unpaired) electrons. The number of rotatable bonds is 2. The zero-order valence-corrected chi connectivity index (χ0v) is 9.84. The van der Waals surface area contributed by atoms with E-state index in [1.54, 1.807) is 0 Å². The van der Waals surface area contributed by atoms with Gasteiger partial charge in [0.2, 0.25) is 0 Å². The Morgan fingerprint density at radius 1 is 1.31 bits per heavy atom. The molecule has 1 aliphatic rings. The van der Waals surface area contributed by atoms with Crippen LogP contribution in [0.15, 0.2) is 24.3 Å². The molecule has 90 valence electrons. The van der Waals surface area contributed by atoms with Gasteiger partial charge in [-0.05, 0) is 36.6 Å². The van der Waals surface area contributed by atoms with Crippen LogP contribution in [0.2, 0.25) is 0 Å². The maximum Gasteiger partial charge on any atom is 0.123 e. The normalized spacial score (nSPS) is 24.9. The molecule has 1 saturated heterocycles. The lowest BCUT2D eigenvalue weighted by Crippen LogP contribution is -2.37. The van der Waals surface area contributed by atoms with Crippen LogP contribution in [0.5, 0.6) is 0 Å². The smallest absolute Gasteiger partial charge is 0.123 e. The molecular weight excluding hydrogens is 229 g/mol. The summed E-state index contributed by atoms with van der Waals surface area (Å²) in [6.45, 7) is 2.01. The molecular formula is C12H17ClFNO. The molecule has 2 nitrogen and oxygen atoms in total. The van der Waals surface area contributed by atoms with Gasteiger partial charge in [0.1, 0.15) is 5.82 Å². The number of aliphatic hydroxyl groups excluding tert-OH is 1. The monoisotopic (exact) mass is 245 g/mol. The van der Waals surface area contributed by atoms with E-state index in [0.29, 0.717) is 5.92 Å². The topological polar surface area (TPSA) is 32.3 Å². The minimum atomic E-state index is -0.201. The van der Waals surface area contributed by atoms with Gasteiger partial charge in [-0.1, -0.05) is 12.1 Å². The summed E-state index contributed by atoms with van der Waals surface area (Å²) in [5.41, 5.74) is 1.14. The van der Waals surface area contributed by atoms with Crippen molar-refractivity contribution < 1.29 is 9.50 Å². The number of halogens is 2. The minimum Gasteiger partial charge on any atom is -0.396 e. The minimum absolute atomic E-state index is 0. The Hall–Kier alpha value is -0.640. The van der Waals surface area contributed by atoms with Gasteiger partial charge in [-0.25, -0.2) is 4.39 Å². The van der Waals surface area contributed by atoms with Gasteiger partial charge in [-0.15, -0.1) is 12.4 Å². The second kappa shape index (κ2) is 6.18. The van der Waals surface area contributed by atoms with E-state index in [4.69, 9.17) is 0 Å². The molecule has 0 bridgehead atoms. The van der Waals surface area contributed by atoms with Crippen LogP contribution in [0.1, 0.15) is 17.9 Å². The first-order chi connectivity index (χ1) is 7.31. The molecule has 1 aromatic rings. The third kappa shape index (κ3) is 2.94. The van der Waals surface area contributed by atoms with Crippen molar-refractivity contribution in [3.05, 3.63) is 35.6 Å². The fraction of sp³-hybridized carbons (Fsp3) is 0.500. The summed E-state index contributed by atoms with van der Waals surface area (Å²) >= 11 is 0. The molecule has 0 amide bonds. The number of hydrogen-bond acceptors (Lipinski definition) is 2. The highest BCUT2D eigenvalue weighted by atomic mass is 35.5. The molecule has 0 saturated carbocycles. The molecule has 0 aromatic heterocycles. The van der Waals surface area contributed by atoms with Gasteiger partial charge in [0, 0.05) is 19.1 Å². The molecule has 16 heavy (non-hydrogen) atoms. The van der Waals surface area contributed by atoms with E-state index in [0.717, 1.165) is 25.1 Å². The highest BCUT2D eigenvalue weighted by Gasteiger charge is 2.25. The molecule has 1 heterocycles. The van der Waals surface area contributed by atoms with Crippen LogP contribution in [0.4, 0.5) is 4.39 Å². The Bertz CT molecular complexity index is 317. The molecule has 4 heteroatoms. The average molecular weight is 246 g/mol. The van der Waals surface area contributed by atoms with Gasteiger partial charge in [0.25, 0.3) is 0 Å². The van der Waals surface area contributed by atoms with Crippen molar-refractivity contribution in [2.75, 3.05) is 19.7 Å². The van der Waals surface area contributed by atoms with Crippen LogP contribution < -0.4 is 5.32 Å². The number of piperidine rings is 1. The highest BCUT2D eigenvalue weighted by molar-refractivity contribution is 5.85. The largest absolute Gasteiger partial charge is 0.396 e. The lowest BCUT2D eigenvalue weighted by molar-refractivity contribution is 0.179. The number of benzene rings is 1. The Labute approximate surface area is 101 Å². The van der Waals surface area contributed by atoms with Crippen molar-refractivity contribution in [3.63, 3.8) is 0 Å². The lowest BCUT2D eigenvalue weighted by Gasteiger charge is -2.31. The molecule has 0 aliphatic carbocycles. The molecule has 1 fully saturated rings. The van der Waals surface area contributed by atoms with Crippen LogP contribution >= 0.6 is 12.4 Å². The zero-order chi connectivity index (χ0) is 10.7. The Kier molecular flexibility index (Phi) is 5.19. The van der Waals surface area contributed by atoms with Gasteiger partial charge >= 0.3 is 0 Å². The fourth-order valence-electron chi connectivity index (χ4n) is 2.26. The third-order valence-corrected chi connectivity index (χ3v) is 3.14. The third-order valence-electron chi connectivity index (χ3n) is 3.14. The lowest BCUT2D eigenvalue weighted by atomic mass is 9.82. The van der Waals surface area contributed by atoms with Gasteiger partial charge in [-0.2, -0.15) is 0 Å². The SMILES string of the molecule is Cl.OCC1CNCCC1c1ccc(F)cc1. The van der Waals surface area contributed by atoms with Crippen molar-refractivity contribution >= 4 is 12.4 Å². The van der Waals surface area contributed by atoms with Crippen LogP contribution in [0.25, 0.3) is 0 Å². The summed E-state index contributed by atoms with van der Waals surface area (Å²) in [7, 11) is 0. The number of hydrogen-bond donors (Lipinski definition) is 2. The molecule has 2 atom stereocenters. The predicted octanol–water partition coefficient (Wildman–Crippen LogP) is 1.93. The van der Waals surface area contributed by atoms with Crippen molar-refractivity contribution in [1.82, 2.24) is 5.32 Å². The van der Waals surface area contributed by atoms with Crippen LogP contribution in [0, 0.1) is 11.7 Å². The standard InChI is InChI=1S/C12H16FNO.ClH/c13-11-3-1-9(2-4-11)12-5-6-14-7-10(12)8-15;/h1-4,10,12,14-15H,5-8H2;1H. The van der Waals surface area contributed by atoms with E-state index in [2.05, 4.69) is 5.32 Å². The Balaban J connectivity index is 0.00000128. The van der Waals surface area contributed by atoms with Gasteiger partial charge < -0.3 is 10.4 Å². The molecule has 1 aliphatic heterocycles. The second-order valence-electron chi connectivity index (χ2n) is 4.09. The number of aliphatic hydroxyl groups is 1. The highest BCUT2D eigenvalue weighted by Crippen LogP contribution is 2.29. The molecule has 2 rings (SSSR count). The van der Waals surface area contributed by atoms with Gasteiger partial charge in [-0.3, -0.25) is 0 Å². The first-order valence-corrected chi connectivity index (χ1v) is 5.38. The van der Waals surface area contributed by atoms with Crippen LogP contribution in [-0.4, -0.2) is 24.8 Å². The van der Waals surface area contributed by atoms with E-state index < -0.39 is 0 Å². The Morgan fingerprint density at radius 3 is 2.62 bits per heavy atom. The van der Waals surface area contributed by atoms with Crippen LogP contribution in [-0.2, 0) is 0 Å². The van der Waals surface area contributed by atoms with Crippen molar-refractivity contribution in [1.29, 1.82) is 0 Å². The van der Waals surface area contributed by atoms with E-state index in [-0.39, 0.29) is 30.7 Å². The van der Waals surface area contributed by atoms with Crippen LogP contribution in [0.3, 0.4) is 0 Å². The maximum absolute atomic E-state index is 12.8. The maximum atomic E-state index is 12.8. The summed E-state index contributed by atoms with van der Waals surface area (Å²) in [6.07, 6.45) is 1.01. The van der Waals surface area contributed by atoms with Gasteiger partial charge in [0.05, 0.1) is 0 Å². The first kappa shape index (κ1) is 13.4. The van der Waals surface area contributed by atoms with Crippen molar-refractivity contribution in [2.45, 2.75) is 12.3 Å². The van der Waals surface area contributed by atoms with Crippen molar-refractivity contribution in [3.8, 4) is 0 Å². The average Bonchev–Trinajstić information content (AvgIpc) is 2.30. The number of nitrogens with one attached hydrogen (secondary N) is 1. The first-order valence-electron chi connectivity index (χ1n) is 5.38. The van der Waals surface area contributed by atoms with E-state index in [9.17, 15) is 9.50 Å². The molecule has 0 spiro atoms. The summed E-state index contributed by atoms with van der Waals surface area (Å²) in [6, 6.07) is 6.64. The summed E-state index contributed by atoms with van der Waals surface area (Å²) < 4.78 is 12.8. The Morgan fingerprint density at radius 2 is 2.00 bits per heavy atom. The van der Waals surface area contributed by atoms with E-state index in [1.165, 1.54) is 12.1 Å². The summed E-state index contributed by atoms with van der Waals surface area (Å²) in [5.74, 6) is 0.411. The van der Waals surface area contributed by atoms with E-state index in [1.807, 2.05) is 12.1 Å². The zero-order valence-electron chi connectivity index (χ0n) is 9.03. The quantitative estimate of drug-likeness (QED) is 0.835. The van der Waals surface area contributed by atoms with Gasteiger partial charge in [0.15, 0.2) is 0 Å². The van der Waals surface area contributed by atoms with Crippen molar-refractivity contribution in [2.24, 2.45) is 5.92 Å². The predicted molar refractivity (Wildman–Crippen MR) is 64.5 cm³/mol. The summed E-state index contributed by atoms with van der Waals surface area (Å²) in [4.78, 5) is 0. The summed E-state index contributed by atoms with van der Waals surface area (Å²) in [5, 5.41) is 12.5. The molecule has 2 N–H and O–H groups in total. The molecule has 1 aromatic carbocycles. The molecule has 2 unspecified atom stereocenters. The fourth-order valence-corrected chi connectivity index (χ4v) is 2.26.